The summed E-state index contributed by atoms with van der Waals surface area (Å²) in [5.41, 5.74) is 6.28. The molecule has 1 fully saturated rings. The van der Waals surface area contributed by atoms with E-state index < -0.39 is 5.54 Å². The zero-order chi connectivity index (χ0) is 19.5. The molecule has 2 atom stereocenters. The fraction of sp³-hybridized carbons (Fsp3) is 0.409. The van der Waals surface area contributed by atoms with Crippen molar-refractivity contribution in [2.75, 3.05) is 6.61 Å². The van der Waals surface area contributed by atoms with Crippen LogP contribution in [-0.2, 0) is 16.1 Å². The lowest BCUT2D eigenvalue weighted by Gasteiger charge is -2.57. The predicted molar refractivity (Wildman–Crippen MR) is 117 cm³/mol. The normalized spacial score (nSPS) is 22.6. The van der Waals surface area contributed by atoms with E-state index in [-0.39, 0.29) is 29.8 Å². The van der Waals surface area contributed by atoms with Gasteiger partial charge in [-0.25, -0.2) is 0 Å². The van der Waals surface area contributed by atoms with E-state index in [1.165, 1.54) is 4.90 Å². The molecule has 0 bridgehead atoms. The third-order valence-electron chi connectivity index (χ3n) is 5.62. The number of amides is 1. The number of benzene rings is 2. The van der Waals surface area contributed by atoms with Crippen LogP contribution in [0.1, 0.15) is 32.8 Å². The van der Waals surface area contributed by atoms with Gasteiger partial charge in [0, 0.05) is 34.8 Å². The van der Waals surface area contributed by atoms with Crippen LogP contribution in [-0.4, -0.2) is 24.2 Å². The Kier molecular flexibility index (Phi) is 7.57. The van der Waals surface area contributed by atoms with Crippen LogP contribution in [0.15, 0.2) is 64.4 Å². The van der Waals surface area contributed by atoms with Gasteiger partial charge in [0.25, 0.3) is 0 Å². The second-order valence-corrected chi connectivity index (χ2v) is 8.66. The van der Waals surface area contributed by atoms with Crippen LogP contribution < -0.4 is 11.1 Å². The molecule has 1 saturated carbocycles. The average Bonchev–Trinajstić information content (AvgIpc) is 2.67. The zero-order valence-corrected chi connectivity index (χ0v) is 18.2. The van der Waals surface area contributed by atoms with E-state index in [1.54, 1.807) is 11.8 Å². The number of ether oxygens (including phenoxy) is 1. The third-order valence-corrected chi connectivity index (χ3v) is 6.74. The van der Waals surface area contributed by atoms with E-state index in [9.17, 15) is 4.79 Å². The number of halogens is 1. The molecule has 152 valence electrons. The number of nitrogens with two attached hydrogens (primary N) is 1. The second-order valence-electron chi connectivity index (χ2n) is 7.55. The van der Waals surface area contributed by atoms with E-state index in [4.69, 9.17) is 10.5 Å². The molecule has 1 aliphatic rings. The maximum absolute atomic E-state index is 12.9. The molecule has 3 N–H and O–H groups in total. The fourth-order valence-electron chi connectivity index (χ4n) is 3.52. The van der Waals surface area contributed by atoms with Crippen LogP contribution in [0.4, 0.5) is 0 Å². The number of hydrogen-bond donors (Lipinski definition) is 2. The topological polar surface area (TPSA) is 64.3 Å². The molecule has 2 aromatic rings. The predicted octanol–water partition coefficient (Wildman–Crippen LogP) is 4.41. The summed E-state index contributed by atoms with van der Waals surface area (Å²) < 4.78 is 5.72. The number of carbonyl (C=O) groups excluding carboxylic acids is 1. The van der Waals surface area contributed by atoms with Crippen molar-refractivity contribution in [1.29, 1.82) is 0 Å². The first-order chi connectivity index (χ1) is 12.9. The Balaban J connectivity index is 0.00000280. The van der Waals surface area contributed by atoms with Crippen LogP contribution >= 0.6 is 24.2 Å². The smallest absolute Gasteiger partial charge is 0.241 e. The minimum Gasteiger partial charge on any atom is -0.378 e. The first-order valence-corrected chi connectivity index (χ1v) is 10.2. The summed E-state index contributed by atoms with van der Waals surface area (Å²) in [4.78, 5) is 15.2. The van der Waals surface area contributed by atoms with Crippen molar-refractivity contribution < 1.29 is 9.53 Å². The summed E-state index contributed by atoms with van der Waals surface area (Å²) in [6, 6.07) is 18.4. The minimum absolute atomic E-state index is 0. The largest absolute Gasteiger partial charge is 0.378 e. The monoisotopic (exact) mass is 420 g/mol. The molecule has 3 rings (SSSR count). The van der Waals surface area contributed by atoms with Crippen molar-refractivity contribution in [1.82, 2.24) is 5.32 Å². The van der Waals surface area contributed by atoms with Gasteiger partial charge in [-0.2, -0.15) is 0 Å². The molecule has 0 aliphatic heterocycles. The Labute approximate surface area is 178 Å². The molecule has 0 saturated heterocycles. The van der Waals surface area contributed by atoms with Crippen molar-refractivity contribution in [3.8, 4) is 0 Å². The quantitative estimate of drug-likeness (QED) is 0.696. The van der Waals surface area contributed by atoms with E-state index >= 15 is 0 Å². The van der Waals surface area contributed by atoms with Gasteiger partial charge in [0.05, 0.1) is 6.10 Å². The Morgan fingerprint density at radius 3 is 2.46 bits per heavy atom. The maximum atomic E-state index is 12.9. The van der Waals surface area contributed by atoms with Crippen molar-refractivity contribution in [2.45, 2.75) is 55.2 Å². The van der Waals surface area contributed by atoms with Gasteiger partial charge in [-0.1, -0.05) is 62.0 Å². The molecule has 2 unspecified atom stereocenters. The van der Waals surface area contributed by atoms with E-state index in [0.29, 0.717) is 19.6 Å². The summed E-state index contributed by atoms with van der Waals surface area (Å²) in [6.07, 6.45) is 0.583. The molecule has 28 heavy (non-hydrogen) atoms. The standard InChI is InChI=1S/C22H28N2O2S.ClH/c1-4-26-19-14-22(23,21(19,2)3)20(25)24-15-16-10-8-9-13-18(16)27-17-11-6-5-7-12-17;/h5-13,19H,4,14-15,23H2,1-3H3,(H,24,25);1H. The van der Waals surface area contributed by atoms with E-state index in [0.717, 1.165) is 10.5 Å². The van der Waals surface area contributed by atoms with E-state index in [2.05, 4.69) is 23.5 Å². The Bertz CT molecular complexity index is 800. The van der Waals surface area contributed by atoms with Crippen molar-refractivity contribution in [2.24, 2.45) is 11.1 Å². The Hall–Kier alpha value is -1.53. The molecule has 0 spiro atoms. The van der Waals surface area contributed by atoms with Gasteiger partial charge in [0.2, 0.25) is 5.91 Å². The van der Waals surface area contributed by atoms with Gasteiger partial charge in [-0.15, -0.1) is 12.4 Å². The van der Waals surface area contributed by atoms with Crippen LogP contribution in [0.25, 0.3) is 0 Å². The molecule has 1 aliphatic carbocycles. The van der Waals surface area contributed by atoms with Crippen molar-refractivity contribution in [3.63, 3.8) is 0 Å². The SMILES string of the molecule is CCOC1CC(N)(C(=O)NCc2ccccc2Sc2ccccc2)C1(C)C.Cl. The van der Waals surface area contributed by atoms with Gasteiger partial charge in [0.1, 0.15) is 5.54 Å². The lowest BCUT2D eigenvalue weighted by atomic mass is 9.54. The highest BCUT2D eigenvalue weighted by atomic mass is 35.5. The number of nitrogens with one attached hydrogen (secondary N) is 1. The lowest BCUT2D eigenvalue weighted by Crippen LogP contribution is -2.75. The first kappa shape index (κ1) is 22.8. The molecule has 4 nitrogen and oxygen atoms in total. The molecular formula is C22H29ClN2O2S. The summed E-state index contributed by atoms with van der Waals surface area (Å²) in [5.74, 6) is -0.108. The van der Waals surface area contributed by atoms with Crippen molar-refractivity contribution >= 4 is 30.1 Å². The van der Waals surface area contributed by atoms with Gasteiger partial charge < -0.3 is 15.8 Å². The molecule has 0 radical (unpaired) electrons. The molecule has 1 amide bonds. The average molecular weight is 421 g/mol. The summed E-state index contributed by atoms with van der Waals surface area (Å²) in [6.45, 7) is 7.08. The van der Waals surface area contributed by atoms with Crippen LogP contribution in [0, 0.1) is 5.41 Å². The maximum Gasteiger partial charge on any atom is 0.241 e. The Morgan fingerprint density at radius 1 is 1.18 bits per heavy atom. The second kappa shape index (κ2) is 9.31. The fourth-order valence-corrected chi connectivity index (χ4v) is 4.48. The van der Waals surface area contributed by atoms with E-state index in [1.807, 2.05) is 57.2 Å². The summed E-state index contributed by atoms with van der Waals surface area (Å²) in [7, 11) is 0. The number of hydrogen-bond acceptors (Lipinski definition) is 4. The third kappa shape index (κ3) is 4.38. The molecular weight excluding hydrogens is 392 g/mol. The molecule has 0 heterocycles. The molecule has 2 aromatic carbocycles. The molecule has 0 aromatic heterocycles. The van der Waals surface area contributed by atoms with Crippen molar-refractivity contribution in [3.05, 3.63) is 60.2 Å². The van der Waals surface area contributed by atoms with Crippen LogP contribution in [0.3, 0.4) is 0 Å². The van der Waals surface area contributed by atoms with Gasteiger partial charge in [-0.05, 0) is 30.7 Å². The minimum atomic E-state index is -0.894. The first-order valence-electron chi connectivity index (χ1n) is 9.38. The number of rotatable bonds is 7. The highest BCUT2D eigenvalue weighted by Gasteiger charge is 2.62. The highest BCUT2D eigenvalue weighted by molar-refractivity contribution is 7.99. The number of carbonyl (C=O) groups is 1. The Morgan fingerprint density at radius 2 is 1.82 bits per heavy atom. The van der Waals surface area contributed by atoms with Crippen LogP contribution in [0.5, 0.6) is 0 Å². The van der Waals surface area contributed by atoms with Gasteiger partial charge >= 0.3 is 0 Å². The van der Waals surface area contributed by atoms with Gasteiger partial charge in [0.15, 0.2) is 0 Å². The van der Waals surface area contributed by atoms with Gasteiger partial charge in [-0.3, -0.25) is 4.79 Å². The summed E-state index contributed by atoms with van der Waals surface area (Å²) in [5, 5.41) is 3.05. The molecule has 6 heteroatoms. The highest BCUT2D eigenvalue weighted by Crippen LogP contribution is 2.49. The van der Waals surface area contributed by atoms with Crippen LogP contribution in [0.2, 0.25) is 0 Å². The lowest BCUT2D eigenvalue weighted by molar-refractivity contribution is -0.170. The summed E-state index contributed by atoms with van der Waals surface area (Å²) >= 11 is 1.70. The zero-order valence-electron chi connectivity index (χ0n) is 16.6.